The van der Waals surface area contributed by atoms with Crippen molar-refractivity contribution >= 4 is 17.3 Å². The first-order valence-electron chi connectivity index (χ1n) is 8.98. The Morgan fingerprint density at radius 2 is 2.17 bits per heavy atom. The van der Waals surface area contributed by atoms with E-state index in [9.17, 15) is 9.90 Å². The average Bonchev–Trinajstić information content (AvgIpc) is 3.28. The van der Waals surface area contributed by atoms with Crippen molar-refractivity contribution in [2.75, 3.05) is 39.4 Å². The molecule has 132 valence electrons. The molecule has 24 heavy (non-hydrogen) atoms. The van der Waals surface area contributed by atoms with Crippen LogP contribution in [0.15, 0.2) is 11.4 Å². The molecule has 5 nitrogen and oxygen atoms in total. The Kier molecular flexibility index (Phi) is 4.64. The molecule has 0 spiro atoms. The van der Waals surface area contributed by atoms with Gasteiger partial charge in [-0.15, -0.1) is 11.3 Å². The van der Waals surface area contributed by atoms with Crippen LogP contribution in [-0.4, -0.2) is 60.3 Å². The van der Waals surface area contributed by atoms with Crippen molar-refractivity contribution in [1.82, 2.24) is 9.80 Å². The molecule has 4 rings (SSSR count). The van der Waals surface area contributed by atoms with Crippen LogP contribution in [0.2, 0.25) is 0 Å². The molecule has 0 aliphatic carbocycles. The largest absolute Gasteiger partial charge is 0.481 e. The Hall–Kier alpha value is -0.950. The molecule has 0 saturated carbocycles. The second kappa shape index (κ2) is 6.75. The molecule has 3 saturated heterocycles. The molecule has 0 amide bonds. The van der Waals surface area contributed by atoms with Gasteiger partial charge >= 0.3 is 5.97 Å². The Bertz CT molecular complexity index is 599. The summed E-state index contributed by atoms with van der Waals surface area (Å²) in [6.45, 7) is 7.05. The molecule has 1 aromatic heterocycles. The maximum atomic E-state index is 11.9. The zero-order valence-corrected chi connectivity index (χ0v) is 14.9. The lowest BCUT2D eigenvalue weighted by molar-refractivity contribution is -0.157. The SMILES string of the molecule is O=C(O)[C@]12CCOC[C@H]1CN(Cc1cc(CN3CCCC3)cs1)C2. The highest BCUT2D eigenvalue weighted by Crippen LogP contribution is 2.43. The Morgan fingerprint density at radius 1 is 1.33 bits per heavy atom. The van der Waals surface area contributed by atoms with Gasteiger partial charge in [0.1, 0.15) is 0 Å². The molecule has 0 radical (unpaired) electrons. The Morgan fingerprint density at radius 3 is 2.92 bits per heavy atom. The number of carboxylic acids is 1. The second-order valence-corrected chi connectivity index (χ2v) is 8.55. The first kappa shape index (κ1) is 16.5. The van der Waals surface area contributed by atoms with Crippen LogP contribution in [0, 0.1) is 11.3 Å². The first-order valence-corrected chi connectivity index (χ1v) is 9.86. The number of fused-ring (bicyclic) bond motifs is 1. The van der Waals surface area contributed by atoms with E-state index in [4.69, 9.17) is 4.74 Å². The molecule has 3 aliphatic heterocycles. The topological polar surface area (TPSA) is 53.0 Å². The van der Waals surface area contributed by atoms with Crippen molar-refractivity contribution in [2.45, 2.75) is 32.4 Å². The lowest BCUT2D eigenvalue weighted by Gasteiger charge is -2.34. The standard InChI is InChI=1S/C18H26N2O3S/c21-17(22)18-3-6-23-11-15(18)9-20(13-18)10-16-7-14(12-24-16)8-19-4-1-2-5-19/h7,12,15H,1-6,8-11,13H2,(H,21,22)/t15-,18+/m1/s1. The molecule has 6 heteroatoms. The van der Waals surface area contributed by atoms with Gasteiger partial charge in [0.15, 0.2) is 0 Å². The van der Waals surface area contributed by atoms with E-state index in [-0.39, 0.29) is 5.92 Å². The third-order valence-corrected chi connectivity index (χ3v) is 6.87. The zero-order valence-electron chi connectivity index (χ0n) is 14.1. The van der Waals surface area contributed by atoms with Crippen LogP contribution in [-0.2, 0) is 22.6 Å². The summed E-state index contributed by atoms with van der Waals surface area (Å²) in [5, 5.41) is 12.0. The van der Waals surface area contributed by atoms with Gasteiger partial charge in [-0.1, -0.05) is 0 Å². The number of carboxylic acid groups (broad SMARTS) is 1. The van der Waals surface area contributed by atoms with Gasteiger partial charge in [0, 0.05) is 43.6 Å². The summed E-state index contributed by atoms with van der Waals surface area (Å²) >= 11 is 1.81. The van der Waals surface area contributed by atoms with Crippen LogP contribution in [0.5, 0.6) is 0 Å². The predicted molar refractivity (Wildman–Crippen MR) is 93.1 cm³/mol. The molecule has 1 N–H and O–H groups in total. The summed E-state index contributed by atoms with van der Waals surface area (Å²) in [5.74, 6) is -0.507. The van der Waals surface area contributed by atoms with Crippen molar-refractivity contribution in [3.05, 3.63) is 21.9 Å². The third-order valence-electron chi connectivity index (χ3n) is 5.90. The van der Waals surface area contributed by atoms with Crippen molar-refractivity contribution in [3.63, 3.8) is 0 Å². The molecule has 0 unspecified atom stereocenters. The van der Waals surface area contributed by atoms with Crippen LogP contribution in [0.25, 0.3) is 0 Å². The fourth-order valence-corrected chi connectivity index (χ4v) is 5.46. The van der Waals surface area contributed by atoms with E-state index >= 15 is 0 Å². The van der Waals surface area contributed by atoms with E-state index in [0.29, 0.717) is 26.2 Å². The van der Waals surface area contributed by atoms with Crippen LogP contribution in [0.1, 0.15) is 29.7 Å². The number of hydrogen-bond acceptors (Lipinski definition) is 5. The summed E-state index contributed by atoms with van der Waals surface area (Å²) < 4.78 is 5.54. The molecule has 4 heterocycles. The van der Waals surface area contributed by atoms with Crippen molar-refractivity contribution in [1.29, 1.82) is 0 Å². The summed E-state index contributed by atoms with van der Waals surface area (Å²) in [5.41, 5.74) is 0.818. The Labute approximate surface area is 147 Å². The Balaban J connectivity index is 1.39. The minimum absolute atomic E-state index is 0.132. The molecule has 1 aromatic rings. The zero-order chi connectivity index (χ0) is 16.6. The first-order chi connectivity index (χ1) is 11.7. The van der Waals surface area contributed by atoms with Gasteiger partial charge in [-0.3, -0.25) is 14.6 Å². The molecular formula is C18H26N2O3S. The van der Waals surface area contributed by atoms with Gasteiger partial charge in [-0.2, -0.15) is 0 Å². The van der Waals surface area contributed by atoms with E-state index in [2.05, 4.69) is 21.2 Å². The predicted octanol–water partition coefficient (Wildman–Crippen LogP) is 2.27. The summed E-state index contributed by atoms with van der Waals surface area (Å²) in [4.78, 5) is 18.1. The fraction of sp³-hybridized carbons (Fsp3) is 0.722. The molecular weight excluding hydrogens is 324 g/mol. The smallest absolute Gasteiger partial charge is 0.311 e. The monoisotopic (exact) mass is 350 g/mol. The van der Waals surface area contributed by atoms with E-state index < -0.39 is 11.4 Å². The highest BCUT2D eigenvalue weighted by Gasteiger charge is 2.53. The summed E-state index contributed by atoms with van der Waals surface area (Å²) in [7, 11) is 0. The van der Waals surface area contributed by atoms with Crippen LogP contribution in [0.4, 0.5) is 0 Å². The third kappa shape index (κ3) is 3.12. The van der Waals surface area contributed by atoms with E-state index in [1.54, 1.807) is 0 Å². The molecule has 0 aromatic carbocycles. The van der Waals surface area contributed by atoms with Crippen molar-refractivity contribution in [2.24, 2.45) is 11.3 Å². The van der Waals surface area contributed by atoms with Crippen LogP contribution >= 0.6 is 11.3 Å². The van der Waals surface area contributed by atoms with Crippen LogP contribution in [0.3, 0.4) is 0 Å². The van der Waals surface area contributed by atoms with Gasteiger partial charge < -0.3 is 9.84 Å². The fourth-order valence-electron chi connectivity index (χ4n) is 4.54. The van der Waals surface area contributed by atoms with Crippen LogP contribution < -0.4 is 0 Å². The van der Waals surface area contributed by atoms with Gasteiger partial charge in [-0.25, -0.2) is 0 Å². The minimum atomic E-state index is -0.640. The highest BCUT2D eigenvalue weighted by molar-refractivity contribution is 7.10. The number of carbonyl (C=O) groups is 1. The number of rotatable bonds is 5. The summed E-state index contributed by atoms with van der Waals surface area (Å²) in [6.07, 6.45) is 3.30. The lowest BCUT2D eigenvalue weighted by atomic mass is 9.74. The number of likely N-dealkylation sites (tertiary alicyclic amines) is 2. The van der Waals surface area contributed by atoms with Gasteiger partial charge in [0.25, 0.3) is 0 Å². The lowest BCUT2D eigenvalue weighted by Crippen LogP contribution is -2.44. The van der Waals surface area contributed by atoms with E-state index in [1.165, 1.54) is 36.4 Å². The quantitative estimate of drug-likeness (QED) is 0.883. The molecule has 3 aliphatic rings. The summed E-state index contributed by atoms with van der Waals surface area (Å²) in [6, 6.07) is 2.31. The second-order valence-electron chi connectivity index (χ2n) is 7.56. The average molecular weight is 350 g/mol. The molecule has 0 bridgehead atoms. The maximum Gasteiger partial charge on any atom is 0.311 e. The number of aliphatic carboxylic acids is 1. The normalized spacial score (nSPS) is 31.4. The number of ether oxygens (including phenoxy) is 1. The number of hydrogen-bond donors (Lipinski definition) is 1. The van der Waals surface area contributed by atoms with Crippen molar-refractivity contribution < 1.29 is 14.6 Å². The van der Waals surface area contributed by atoms with Gasteiger partial charge in [0.2, 0.25) is 0 Å². The highest BCUT2D eigenvalue weighted by atomic mass is 32.1. The molecule has 2 atom stereocenters. The number of nitrogens with zero attached hydrogens (tertiary/aromatic N) is 2. The molecule has 3 fully saturated rings. The van der Waals surface area contributed by atoms with Gasteiger partial charge in [-0.05, 0) is 49.4 Å². The number of thiophene rings is 1. The van der Waals surface area contributed by atoms with E-state index in [1.807, 2.05) is 11.3 Å². The maximum absolute atomic E-state index is 11.9. The van der Waals surface area contributed by atoms with E-state index in [0.717, 1.165) is 19.6 Å². The van der Waals surface area contributed by atoms with Crippen molar-refractivity contribution in [3.8, 4) is 0 Å². The minimum Gasteiger partial charge on any atom is -0.481 e. The van der Waals surface area contributed by atoms with Gasteiger partial charge in [0.05, 0.1) is 12.0 Å².